The van der Waals surface area contributed by atoms with Crippen LogP contribution in [0.5, 0.6) is 0 Å². The molecule has 1 atom stereocenters. The number of nitrogens with one attached hydrogen (secondary N) is 1. The predicted octanol–water partition coefficient (Wildman–Crippen LogP) is 0.555. The summed E-state index contributed by atoms with van der Waals surface area (Å²) in [5, 5.41) is 12.1. The summed E-state index contributed by atoms with van der Waals surface area (Å²) in [6, 6.07) is 0. The van der Waals surface area contributed by atoms with Gasteiger partial charge in [-0.3, -0.25) is 4.99 Å². The number of hydrogen-bond donors (Lipinski definition) is 2. The molecule has 5 heteroatoms. The highest BCUT2D eigenvalue weighted by molar-refractivity contribution is 7.80. The summed E-state index contributed by atoms with van der Waals surface area (Å²) < 4.78 is 0. The first-order chi connectivity index (χ1) is 7.20. The van der Waals surface area contributed by atoms with Crippen LogP contribution in [0.1, 0.15) is 0 Å². The van der Waals surface area contributed by atoms with Crippen LogP contribution < -0.4 is 5.32 Å². The van der Waals surface area contributed by atoms with Gasteiger partial charge in [0.25, 0.3) is 0 Å². The number of nitrogens with zero attached hydrogens (tertiary/aromatic N) is 1. The van der Waals surface area contributed by atoms with Crippen molar-refractivity contribution < 1.29 is 9.90 Å². The van der Waals surface area contributed by atoms with Gasteiger partial charge in [0.15, 0.2) is 0 Å². The number of aliphatic imine (C=N–C) groups is 1. The Labute approximate surface area is 92.4 Å². The van der Waals surface area contributed by atoms with Crippen LogP contribution in [0.3, 0.4) is 0 Å². The molecule has 2 aliphatic rings. The van der Waals surface area contributed by atoms with Gasteiger partial charge < -0.3 is 10.4 Å². The molecule has 0 aromatic rings. The lowest BCUT2D eigenvalue weighted by molar-refractivity contribution is -0.132. The summed E-state index contributed by atoms with van der Waals surface area (Å²) in [7, 11) is 0. The number of carbonyl (C=O) groups is 1. The van der Waals surface area contributed by atoms with Crippen LogP contribution in [0, 0.1) is 5.92 Å². The van der Waals surface area contributed by atoms with E-state index in [-0.39, 0.29) is 11.5 Å². The molecule has 1 unspecified atom stereocenters. The van der Waals surface area contributed by atoms with E-state index < -0.39 is 5.97 Å². The minimum Gasteiger partial charge on any atom is -0.478 e. The van der Waals surface area contributed by atoms with E-state index in [4.69, 9.17) is 17.3 Å². The summed E-state index contributed by atoms with van der Waals surface area (Å²) in [4.78, 5) is 15.8. The molecular formula is C10H10N2O2S. The van der Waals surface area contributed by atoms with Crippen LogP contribution in [-0.2, 0) is 4.79 Å². The predicted molar refractivity (Wildman–Crippen MR) is 61.3 cm³/mol. The van der Waals surface area contributed by atoms with Crippen LogP contribution >= 0.6 is 12.2 Å². The van der Waals surface area contributed by atoms with Crippen LogP contribution in [-0.4, -0.2) is 34.9 Å². The first-order valence-electron chi connectivity index (χ1n) is 4.64. The van der Waals surface area contributed by atoms with Crippen molar-refractivity contribution in [2.45, 2.75) is 0 Å². The third-order valence-corrected chi connectivity index (χ3v) is 2.72. The largest absolute Gasteiger partial charge is 0.478 e. The van der Waals surface area contributed by atoms with Crippen molar-refractivity contribution in [3.05, 3.63) is 23.8 Å². The van der Waals surface area contributed by atoms with Crippen molar-refractivity contribution in [2.75, 3.05) is 13.1 Å². The monoisotopic (exact) mass is 222 g/mol. The molecule has 0 aromatic heterocycles. The zero-order chi connectivity index (χ0) is 10.8. The summed E-state index contributed by atoms with van der Waals surface area (Å²) >= 11 is 5.15. The SMILES string of the molecule is O=C(O)C1=CC=CC(=S)C1C1=NCCN1. The van der Waals surface area contributed by atoms with E-state index in [0.29, 0.717) is 17.2 Å². The first-order valence-corrected chi connectivity index (χ1v) is 5.04. The second-order valence-electron chi connectivity index (χ2n) is 3.32. The van der Waals surface area contributed by atoms with Crippen LogP contribution in [0.2, 0.25) is 0 Å². The molecule has 0 saturated heterocycles. The number of rotatable bonds is 2. The molecule has 1 aliphatic carbocycles. The Bertz CT molecular complexity index is 410. The van der Waals surface area contributed by atoms with Crippen molar-refractivity contribution >= 4 is 28.9 Å². The highest BCUT2D eigenvalue weighted by atomic mass is 32.1. The standard InChI is InChI=1S/C10H10N2O2S/c13-10(14)6-2-1-3-7(15)8(6)9-11-4-5-12-9/h1-3,8H,4-5H2,(H,11,12)(H,13,14). The van der Waals surface area contributed by atoms with E-state index in [0.717, 1.165) is 6.54 Å². The summed E-state index contributed by atoms with van der Waals surface area (Å²) in [5.41, 5.74) is 0.288. The number of carboxylic acids is 1. The quantitative estimate of drug-likeness (QED) is 0.670. The van der Waals surface area contributed by atoms with E-state index >= 15 is 0 Å². The molecule has 0 radical (unpaired) electrons. The third-order valence-electron chi connectivity index (χ3n) is 2.35. The molecular weight excluding hydrogens is 212 g/mol. The number of hydrogen-bond acceptors (Lipinski definition) is 4. The van der Waals surface area contributed by atoms with Gasteiger partial charge in [-0.05, 0) is 6.08 Å². The van der Waals surface area contributed by atoms with Crippen molar-refractivity contribution in [3.63, 3.8) is 0 Å². The molecule has 0 saturated carbocycles. The highest BCUT2D eigenvalue weighted by Crippen LogP contribution is 2.21. The van der Waals surface area contributed by atoms with E-state index in [1.165, 1.54) is 0 Å². The molecule has 2 N–H and O–H groups in total. The molecule has 78 valence electrons. The molecule has 4 nitrogen and oxygen atoms in total. The fourth-order valence-electron chi connectivity index (χ4n) is 1.68. The topological polar surface area (TPSA) is 61.7 Å². The number of carboxylic acid groups (broad SMARTS) is 1. The zero-order valence-corrected chi connectivity index (χ0v) is 8.75. The average molecular weight is 222 g/mol. The lowest BCUT2D eigenvalue weighted by Gasteiger charge is -2.19. The normalized spacial score (nSPS) is 24.5. The summed E-state index contributed by atoms with van der Waals surface area (Å²) in [6.45, 7) is 1.44. The van der Waals surface area contributed by atoms with Crippen LogP contribution in [0.25, 0.3) is 0 Å². The van der Waals surface area contributed by atoms with Gasteiger partial charge in [0.2, 0.25) is 0 Å². The van der Waals surface area contributed by atoms with E-state index in [1.807, 2.05) is 0 Å². The average Bonchev–Trinajstić information content (AvgIpc) is 2.70. The van der Waals surface area contributed by atoms with Gasteiger partial charge in [0.1, 0.15) is 5.84 Å². The number of amidine groups is 1. The number of aliphatic carboxylic acids is 1. The maximum absolute atomic E-state index is 11.0. The van der Waals surface area contributed by atoms with Crippen molar-refractivity contribution in [1.29, 1.82) is 0 Å². The fraction of sp³-hybridized carbons (Fsp3) is 0.300. The second kappa shape index (κ2) is 3.94. The Morgan fingerprint density at radius 2 is 2.47 bits per heavy atom. The van der Waals surface area contributed by atoms with Gasteiger partial charge in [0, 0.05) is 11.4 Å². The van der Waals surface area contributed by atoms with E-state index in [9.17, 15) is 4.79 Å². The molecule has 2 rings (SSSR count). The van der Waals surface area contributed by atoms with Gasteiger partial charge in [-0.1, -0.05) is 24.4 Å². The minimum absolute atomic E-state index is 0.288. The molecule has 0 fully saturated rings. The van der Waals surface area contributed by atoms with Gasteiger partial charge in [0.05, 0.1) is 18.0 Å². The summed E-state index contributed by atoms with van der Waals surface area (Å²) in [6.07, 6.45) is 4.98. The van der Waals surface area contributed by atoms with E-state index in [2.05, 4.69) is 10.3 Å². The number of thiocarbonyl (C=S) groups is 1. The van der Waals surface area contributed by atoms with E-state index in [1.54, 1.807) is 18.2 Å². The molecule has 0 aromatic carbocycles. The molecule has 0 bridgehead atoms. The fourth-order valence-corrected chi connectivity index (χ4v) is 2.00. The smallest absolute Gasteiger partial charge is 0.332 e. The molecule has 0 spiro atoms. The molecule has 0 amide bonds. The zero-order valence-electron chi connectivity index (χ0n) is 7.93. The van der Waals surface area contributed by atoms with Gasteiger partial charge in [-0.2, -0.15) is 0 Å². The lowest BCUT2D eigenvalue weighted by Crippen LogP contribution is -2.35. The molecule has 1 heterocycles. The van der Waals surface area contributed by atoms with Gasteiger partial charge in [-0.15, -0.1) is 0 Å². The lowest BCUT2D eigenvalue weighted by atomic mass is 9.90. The van der Waals surface area contributed by atoms with Crippen LogP contribution in [0.4, 0.5) is 0 Å². The maximum Gasteiger partial charge on any atom is 0.332 e. The van der Waals surface area contributed by atoms with Gasteiger partial charge in [-0.25, -0.2) is 4.79 Å². The van der Waals surface area contributed by atoms with Crippen molar-refractivity contribution in [3.8, 4) is 0 Å². The minimum atomic E-state index is -0.942. The van der Waals surface area contributed by atoms with Gasteiger partial charge >= 0.3 is 5.97 Å². The van der Waals surface area contributed by atoms with Crippen LogP contribution in [0.15, 0.2) is 28.8 Å². The Morgan fingerprint density at radius 1 is 1.67 bits per heavy atom. The summed E-state index contributed by atoms with van der Waals surface area (Å²) in [5.74, 6) is -0.647. The Hall–Kier alpha value is -1.49. The third kappa shape index (κ3) is 1.83. The van der Waals surface area contributed by atoms with Crippen molar-refractivity contribution in [1.82, 2.24) is 5.32 Å². The van der Waals surface area contributed by atoms with Crippen molar-refractivity contribution in [2.24, 2.45) is 10.9 Å². The second-order valence-corrected chi connectivity index (χ2v) is 3.79. The highest BCUT2D eigenvalue weighted by Gasteiger charge is 2.30. The Kier molecular flexibility index (Phi) is 2.64. The Morgan fingerprint density at radius 3 is 3.07 bits per heavy atom. The Balaban J connectivity index is 2.35. The maximum atomic E-state index is 11.0. The molecule has 15 heavy (non-hydrogen) atoms. The molecule has 1 aliphatic heterocycles. The number of allylic oxidation sites excluding steroid dienone is 3. The first kappa shape index (κ1) is 10.0.